The minimum absolute atomic E-state index is 0.132. The second-order valence-corrected chi connectivity index (χ2v) is 4.23. The van der Waals surface area contributed by atoms with Crippen LogP contribution in [0.4, 0.5) is 5.69 Å². The Morgan fingerprint density at radius 3 is 2.90 bits per heavy atom. The average Bonchev–Trinajstić information content (AvgIpc) is 2.45. The summed E-state index contributed by atoms with van der Waals surface area (Å²) in [6, 6.07) is 6.59. The maximum atomic E-state index is 11.7. The van der Waals surface area contributed by atoms with Crippen LogP contribution in [0.15, 0.2) is 36.9 Å². The molecule has 0 saturated heterocycles. The summed E-state index contributed by atoms with van der Waals surface area (Å²) in [6.45, 7) is 4.09. The van der Waals surface area contributed by atoms with Gasteiger partial charge in [-0.25, -0.2) is 4.79 Å². The number of amides is 1. The van der Waals surface area contributed by atoms with Crippen molar-refractivity contribution in [2.24, 2.45) is 0 Å². The molecular weight excluding hydrogens is 274 g/mol. The normalized spacial score (nSPS) is 9.90. The molecule has 0 fully saturated rings. The third-order valence-electron chi connectivity index (χ3n) is 2.41. The lowest BCUT2D eigenvalue weighted by Gasteiger charge is -2.08. The molecule has 1 aromatic rings. The Morgan fingerprint density at radius 1 is 1.38 bits per heavy atom. The number of carbonyl (C=O) groups excluding carboxylic acids is 1. The first-order valence-electron chi connectivity index (χ1n) is 6.55. The molecule has 0 unspecified atom stereocenters. The van der Waals surface area contributed by atoms with E-state index >= 15 is 0 Å². The molecule has 2 N–H and O–H groups in total. The smallest absolute Gasteiger partial charge is 0.341 e. The van der Waals surface area contributed by atoms with Gasteiger partial charge in [-0.3, -0.25) is 4.79 Å². The number of ether oxygens (including phenoxy) is 2. The van der Waals surface area contributed by atoms with E-state index in [1.165, 1.54) is 0 Å². The quantitative estimate of drug-likeness (QED) is 0.509. The van der Waals surface area contributed by atoms with Crippen LogP contribution in [0.1, 0.15) is 12.8 Å². The van der Waals surface area contributed by atoms with Crippen molar-refractivity contribution < 1.29 is 24.2 Å². The van der Waals surface area contributed by atoms with E-state index in [4.69, 9.17) is 14.6 Å². The standard InChI is InChI=1S/C15H19NO5/c1-2-8-20-9-4-7-14(17)16-12-5-3-6-13(10-12)21-11-15(18)19/h2-3,5-6,10H,1,4,7-9,11H2,(H,16,17)(H,18,19). The van der Waals surface area contributed by atoms with Crippen LogP contribution in [0.25, 0.3) is 0 Å². The fraction of sp³-hybridized carbons (Fsp3) is 0.333. The largest absolute Gasteiger partial charge is 0.482 e. The summed E-state index contributed by atoms with van der Waals surface area (Å²) in [4.78, 5) is 22.1. The summed E-state index contributed by atoms with van der Waals surface area (Å²) in [5, 5.41) is 11.3. The molecule has 1 aromatic carbocycles. The van der Waals surface area contributed by atoms with E-state index in [0.717, 1.165) is 0 Å². The summed E-state index contributed by atoms with van der Waals surface area (Å²) in [5.41, 5.74) is 0.565. The number of carboxylic acids is 1. The third-order valence-corrected chi connectivity index (χ3v) is 2.41. The van der Waals surface area contributed by atoms with Crippen LogP contribution in [0, 0.1) is 0 Å². The molecular formula is C15H19NO5. The fourth-order valence-electron chi connectivity index (χ4n) is 1.53. The van der Waals surface area contributed by atoms with Gasteiger partial charge in [0.05, 0.1) is 6.61 Å². The number of benzene rings is 1. The van der Waals surface area contributed by atoms with Gasteiger partial charge in [-0.1, -0.05) is 12.1 Å². The lowest BCUT2D eigenvalue weighted by Crippen LogP contribution is -2.13. The molecule has 21 heavy (non-hydrogen) atoms. The molecule has 0 aliphatic heterocycles. The highest BCUT2D eigenvalue weighted by Gasteiger charge is 2.04. The predicted molar refractivity (Wildman–Crippen MR) is 78.5 cm³/mol. The van der Waals surface area contributed by atoms with Gasteiger partial charge in [0, 0.05) is 24.8 Å². The second-order valence-electron chi connectivity index (χ2n) is 4.23. The molecule has 0 aliphatic carbocycles. The van der Waals surface area contributed by atoms with Gasteiger partial charge in [0.25, 0.3) is 0 Å². The minimum Gasteiger partial charge on any atom is -0.482 e. The predicted octanol–water partition coefficient (Wildman–Crippen LogP) is 2.07. The molecule has 0 saturated carbocycles. The van der Waals surface area contributed by atoms with Gasteiger partial charge in [-0.05, 0) is 18.6 Å². The number of nitrogens with one attached hydrogen (secondary N) is 1. The van der Waals surface area contributed by atoms with Crippen LogP contribution < -0.4 is 10.1 Å². The zero-order chi connectivity index (χ0) is 15.5. The van der Waals surface area contributed by atoms with E-state index in [2.05, 4.69) is 11.9 Å². The van der Waals surface area contributed by atoms with Crippen molar-refractivity contribution >= 4 is 17.6 Å². The molecule has 114 valence electrons. The highest BCUT2D eigenvalue weighted by atomic mass is 16.5. The molecule has 0 atom stereocenters. The SMILES string of the molecule is C=CCOCCCC(=O)Nc1cccc(OCC(=O)O)c1. The lowest BCUT2D eigenvalue weighted by atomic mass is 10.2. The molecule has 0 aromatic heterocycles. The molecule has 0 heterocycles. The first kappa shape index (κ1) is 16.7. The Morgan fingerprint density at radius 2 is 2.19 bits per heavy atom. The first-order valence-corrected chi connectivity index (χ1v) is 6.55. The first-order chi connectivity index (χ1) is 10.1. The van der Waals surface area contributed by atoms with E-state index in [0.29, 0.717) is 37.5 Å². The average molecular weight is 293 g/mol. The zero-order valence-electron chi connectivity index (χ0n) is 11.7. The van der Waals surface area contributed by atoms with Crippen LogP contribution >= 0.6 is 0 Å². The van der Waals surface area contributed by atoms with E-state index in [-0.39, 0.29) is 5.91 Å². The van der Waals surface area contributed by atoms with E-state index < -0.39 is 12.6 Å². The van der Waals surface area contributed by atoms with Crippen molar-refractivity contribution in [3.8, 4) is 5.75 Å². The summed E-state index contributed by atoms with van der Waals surface area (Å²) in [6.07, 6.45) is 2.62. The highest BCUT2D eigenvalue weighted by Crippen LogP contribution is 2.17. The van der Waals surface area contributed by atoms with E-state index in [1.807, 2.05) is 0 Å². The molecule has 0 spiro atoms. The van der Waals surface area contributed by atoms with Crippen LogP contribution in [-0.4, -0.2) is 36.8 Å². The number of carboxylic acid groups (broad SMARTS) is 1. The third kappa shape index (κ3) is 7.74. The number of hydrogen-bond donors (Lipinski definition) is 2. The Hall–Kier alpha value is -2.34. The van der Waals surface area contributed by atoms with Crippen LogP contribution in [0.3, 0.4) is 0 Å². The summed E-state index contributed by atoms with van der Waals surface area (Å²) < 4.78 is 10.2. The van der Waals surface area contributed by atoms with Crippen molar-refractivity contribution in [1.29, 1.82) is 0 Å². The highest BCUT2D eigenvalue weighted by molar-refractivity contribution is 5.90. The number of aliphatic carboxylic acids is 1. The molecule has 1 rings (SSSR count). The zero-order valence-corrected chi connectivity index (χ0v) is 11.7. The van der Waals surface area contributed by atoms with Gasteiger partial charge in [0.2, 0.25) is 5.91 Å². The fourth-order valence-corrected chi connectivity index (χ4v) is 1.53. The number of carbonyl (C=O) groups is 2. The lowest BCUT2D eigenvalue weighted by molar-refractivity contribution is -0.139. The molecule has 6 heteroatoms. The van der Waals surface area contributed by atoms with Crippen molar-refractivity contribution in [3.63, 3.8) is 0 Å². The molecule has 0 aliphatic rings. The number of rotatable bonds is 10. The van der Waals surface area contributed by atoms with Crippen molar-refractivity contribution in [2.75, 3.05) is 25.1 Å². The Kier molecular flexibility index (Phi) is 7.60. The van der Waals surface area contributed by atoms with Crippen LogP contribution in [-0.2, 0) is 14.3 Å². The maximum Gasteiger partial charge on any atom is 0.341 e. The van der Waals surface area contributed by atoms with Gasteiger partial charge in [0.15, 0.2) is 6.61 Å². The summed E-state index contributed by atoms with van der Waals surface area (Å²) in [7, 11) is 0. The minimum atomic E-state index is -1.05. The maximum absolute atomic E-state index is 11.7. The number of hydrogen-bond acceptors (Lipinski definition) is 4. The molecule has 6 nitrogen and oxygen atoms in total. The van der Waals surface area contributed by atoms with E-state index in [1.54, 1.807) is 30.3 Å². The van der Waals surface area contributed by atoms with Crippen LogP contribution in [0.5, 0.6) is 5.75 Å². The molecule has 0 bridgehead atoms. The second kappa shape index (κ2) is 9.55. The van der Waals surface area contributed by atoms with Crippen molar-refractivity contribution in [1.82, 2.24) is 0 Å². The monoisotopic (exact) mass is 293 g/mol. The van der Waals surface area contributed by atoms with Crippen molar-refractivity contribution in [3.05, 3.63) is 36.9 Å². The Balaban J connectivity index is 2.36. The van der Waals surface area contributed by atoms with E-state index in [9.17, 15) is 9.59 Å². The van der Waals surface area contributed by atoms with Crippen LogP contribution in [0.2, 0.25) is 0 Å². The van der Waals surface area contributed by atoms with Gasteiger partial charge < -0.3 is 19.9 Å². The molecule has 1 amide bonds. The Bertz CT molecular complexity index is 487. The summed E-state index contributed by atoms with van der Waals surface area (Å²) >= 11 is 0. The number of anilines is 1. The van der Waals surface area contributed by atoms with Gasteiger partial charge in [-0.2, -0.15) is 0 Å². The molecule has 0 radical (unpaired) electrons. The van der Waals surface area contributed by atoms with Gasteiger partial charge in [-0.15, -0.1) is 6.58 Å². The Labute approximate surface area is 123 Å². The van der Waals surface area contributed by atoms with Gasteiger partial charge >= 0.3 is 5.97 Å². The van der Waals surface area contributed by atoms with Gasteiger partial charge in [0.1, 0.15) is 5.75 Å². The topological polar surface area (TPSA) is 84.9 Å². The van der Waals surface area contributed by atoms with Crippen molar-refractivity contribution in [2.45, 2.75) is 12.8 Å². The summed E-state index contributed by atoms with van der Waals surface area (Å²) in [5.74, 6) is -0.791.